The standard InChI is InChI=1S/C29H41N3/c1-22(2)6-9-25-12-14-26(15-13-25)18-30-24(4)32(19-27-10-7-23(3)8-11-27)28-16-29(17-28)20-31(5)21-29/h7-8,10-15,22,28,30H,4,6,9,16-21H2,1-3,5H3. The molecule has 1 N–H and O–H groups in total. The van der Waals surface area contributed by atoms with Gasteiger partial charge in [0.15, 0.2) is 0 Å². The maximum absolute atomic E-state index is 4.46. The minimum atomic E-state index is 0.567. The Hall–Kier alpha value is -2.26. The van der Waals surface area contributed by atoms with Crippen LogP contribution in [0.4, 0.5) is 0 Å². The third-order valence-electron chi connectivity index (χ3n) is 7.34. The van der Waals surface area contributed by atoms with E-state index in [-0.39, 0.29) is 0 Å². The van der Waals surface area contributed by atoms with Gasteiger partial charge in [-0.3, -0.25) is 0 Å². The van der Waals surface area contributed by atoms with Gasteiger partial charge in [0.25, 0.3) is 0 Å². The van der Waals surface area contributed by atoms with Crippen LogP contribution in [0.15, 0.2) is 60.9 Å². The molecule has 0 unspecified atom stereocenters. The van der Waals surface area contributed by atoms with Gasteiger partial charge >= 0.3 is 0 Å². The van der Waals surface area contributed by atoms with Gasteiger partial charge in [-0.1, -0.05) is 74.5 Å². The van der Waals surface area contributed by atoms with E-state index in [0.29, 0.717) is 11.5 Å². The highest BCUT2D eigenvalue weighted by molar-refractivity contribution is 5.24. The van der Waals surface area contributed by atoms with Crippen molar-refractivity contribution in [3.8, 4) is 0 Å². The second kappa shape index (κ2) is 9.70. The van der Waals surface area contributed by atoms with Crippen LogP contribution in [0, 0.1) is 18.3 Å². The van der Waals surface area contributed by atoms with Crippen molar-refractivity contribution in [3.63, 3.8) is 0 Å². The SMILES string of the molecule is C=C(NCc1ccc(CCC(C)C)cc1)N(Cc1ccc(C)cc1)C1CC2(C1)CN(C)C2. The average Bonchev–Trinajstić information content (AvgIpc) is 2.72. The molecule has 2 aromatic carbocycles. The lowest BCUT2D eigenvalue weighted by atomic mass is 9.60. The van der Waals surface area contributed by atoms with Gasteiger partial charge < -0.3 is 15.1 Å². The maximum Gasteiger partial charge on any atom is 0.0946 e. The molecule has 4 rings (SSSR count). The molecule has 1 saturated carbocycles. The molecule has 3 nitrogen and oxygen atoms in total. The predicted octanol–water partition coefficient (Wildman–Crippen LogP) is 5.74. The molecule has 1 heterocycles. The largest absolute Gasteiger partial charge is 0.368 e. The molecule has 0 amide bonds. The Morgan fingerprint density at radius 1 is 1.03 bits per heavy atom. The van der Waals surface area contributed by atoms with Crippen molar-refractivity contribution in [3.05, 3.63) is 83.2 Å². The lowest BCUT2D eigenvalue weighted by molar-refractivity contribution is -0.0941. The summed E-state index contributed by atoms with van der Waals surface area (Å²) < 4.78 is 0. The summed E-state index contributed by atoms with van der Waals surface area (Å²) in [5, 5.41) is 3.64. The fraction of sp³-hybridized carbons (Fsp3) is 0.517. The zero-order valence-corrected chi connectivity index (χ0v) is 20.5. The molecule has 32 heavy (non-hydrogen) atoms. The summed E-state index contributed by atoms with van der Waals surface area (Å²) >= 11 is 0. The van der Waals surface area contributed by atoms with Crippen molar-refractivity contribution >= 4 is 0 Å². The van der Waals surface area contributed by atoms with Gasteiger partial charge in [-0.15, -0.1) is 0 Å². The zero-order chi connectivity index (χ0) is 22.7. The topological polar surface area (TPSA) is 18.5 Å². The molecule has 172 valence electrons. The first kappa shape index (κ1) is 22.9. The lowest BCUT2D eigenvalue weighted by Crippen LogP contribution is -2.65. The first-order chi connectivity index (χ1) is 15.3. The molecule has 2 aromatic rings. The summed E-state index contributed by atoms with van der Waals surface area (Å²) in [6.45, 7) is 15.5. The van der Waals surface area contributed by atoms with E-state index in [1.165, 1.54) is 61.0 Å². The third kappa shape index (κ3) is 5.56. The number of aryl methyl sites for hydroxylation is 2. The quantitative estimate of drug-likeness (QED) is 0.517. The fourth-order valence-corrected chi connectivity index (χ4v) is 5.44. The second-order valence-corrected chi connectivity index (χ2v) is 10.9. The van der Waals surface area contributed by atoms with E-state index in [1.54, 1.807) is 0 Å². The number of hydrogen-bond donors (Lipinski definition) is 1. The molecule has 3 heteroatoms. The Bertz CT molecular complexity index is 883. The predicted molar refractivity (Wildman–Crippen MR) is 135 cm³/mol. The van der Waals surface area contributed by atoms with Gasteiger partial charge in [-0.2, -0.15) is 0 Å². The van der Waals surface area contributed by atoms with Gasteiger partial charge in [0.2, 0.25) is 0 Å². The summed E-state index contributed by atoms with van der Waals surface area (Å²) in [5.74, 6) is 1.81. The molecule has 1 spiro atoms. The number of benzene rings is 2. The van der Waals surface area contributed by atoms with Crippen molar-refractivity contribution in [1.82, 2.24) is 15.1 Å². The Morgan fingerprint density at radius 2 is 1.62 bits per heavy atom. The molecular formula is C29H41N3. The Labute approximate surface area is 195 Å². The molecule has 0 bridgehead atoms. The third-order valence-corrected chi connectivity index (χ3v) is 7.34. The van der Waals surface area contributed by atoms with Gasteiger partial charge in [0.1, 0.15) is 0 Å². The van der Waals surface area contributed by atoms with Gasteiger partial charge in [0.05, 0.1) is 5.82 Å². The maximum atomic E-state index is 4.46. The van der Waals surface area contributed by atoms with E-state index in [0.717, 1.165) is 24.8 Å². The van der Waals surface area contributed by atoms with Crippen LogP contribution in [-0.4, -0.2) is 36.0 Å². The summed E-state index contributed by atoms with van der Waals surface area (Å²) in [6.07, 6.45) is 4.99. The highest BCUT2D eigenvalue weighted by Crippen LogP contribution is 2.50. The Morgan fingerprint density at radius 3 is 2.22 bits per heavy atom. The van der Waals surface area contributed by atoms with E-state index < -0.39 is 0 Å². The van der Waals surface area contributed by atoms with Crippen molar-refractivity contribution in [2.45, 2.75) is 65.6 Å². The second-order valence-electron chi connectivity index (χ2n) is 10.9. The first-order valence-electron chi connectivity index (χ1n) is 12.3. The highest BCUT2D eigenvalue weighted by atomic mass is 15.3. The van der Waals surface area contributed by atoms with Gasteiger partial charge in [-0.25, -0.2) is 0 Å². The van der Waals surface area contributed by atoms with Crippen molar-refractivity contribution < 1.29 is 0 Å². The monoisotopic (exact) mass is 431 g/mol. The minimum absolute atomic E-state index is 0.567. The molecule has 0 aromatic heterocycles. The molecule has 2 fully saturated rings. The van der Waals surface area contributed by atoms with Crippen LogP contribution in [0.3, 0.4) is 0 Å². The van der Waals surface area contributed by atoms with Gasteiger partial charge in [0, 0.05) is 32.2 Å². The van der Waals surface area contributed by atoms with Crippen LogP contribution in [-0.2, 0) is 19.5 Å². The molecule has 2 aliphatic rings. The Kier molecular flexibility index (Phi) is 6.95. The van der Waals surface area contributed by atoms with E-state index >= 15 is 0 Å². The van der Waals surface area contributed by atoms with Crippen LogP contribution in [0.1, 0.15) is 55.4 Å². The summed E-state index contributed by atoms with van der Waals surface area (Å²) in [4.78, 5) is 4.96. The summed E-state index contributed by atoms with van der Waals surface area (Å²) in [5.41, 5.74) is 6.00. The van der Waals surface area contributed by atoms with Crippen LogP contribution in [0.5, 0.6) is 0 Å². The number of nitrogens with one attached hydrogen (secondary N) is 1. The van der Waals surface area contributed by atoms with Crippen LogP contribution in [0.25, 0.3) is 0 Å². The fourth-order valence-electron chi connectivity index (χ4n) is 5.44. The van der Waals surface area contributed by atoms with E-state index in [2.05, 4.69) is 98.0 Å². The lowest BCUT2D eigenvalue weighted by Gasteiger charge is -2.60. The van der Waals surface area contributed by atoms with Crippen molar-refractivity contribution in [2.75, 3.05) is 20.1 Å². The minimum Gasteiger partial charge on any atom is -0.368 e. The molecule has 1 saturated heterocycles. The van der Waals surface area contributed by atoms with Crippen LogP contribution in [0.2, 0.25) is 0 Å². The van der Waals surface area contributed by atoms with Crippen LogP contribution >= 0.6 is 0 Å². The zero-order valence-electron chi connectivity index (χ0n) is 20.5. The molecule has 1 aliphatic heterocycles. The normalized spacial score (nSPS) is 17.8. The van der Waals surface area contributed by atoms with E-state index in [9.17, 15) is 0 Å². The number of rotatable bonds is 10. The summed E-state index contributed by atoms with van der Waals surface area (Å²) in [7, 11) is 2.23. The molecule has 0 radical (unpaired) electrons. The summed E-state index contributed by atoms with van der Waals surface area (Å²) in [6, 6.07) is 18.6. The number of likely N-dealkylation sites (tertiary alicyclic amines) is 1. The Balaban J connectivity index is 1.36. The number of nitrogens with zero attached hydrogens (tertiary/aromatic N) is 2. The van der Waals surface area contributed by atoms with Crippen LogP contribution < -0.4 is 5.32 Å². The average molecular weight is 432 g/mol. The molecule has 0 atom stereocenters. The van der Waals surface area contributed by atoms with E-state index in [1.807, 2.05) is 0 Å². The number of hydrogen-bond acceptors (Lipinski definition) is 3. The molecular weight excluding hydrogens is 390 g/mol. The molecule has 1 aliphatic carbocycles. The smallest absolute Gasteiger partial charge is 0.0946 e. The van der Waals surface area contributed by atoms with Crippen molar-refractivity contribution in [1.29, 1.82) is 0 Å². The van der Waals surface area contributed by atoms with E-state index in [4.69, 9.17) is 0 Å². The first-order valence-corrected chi connectivity index (χ1v) is 12.3. The van der Waals surface area contributed by atoms with Gasteiger partial charge in [-0.05, 0) is 67.7 Å². The van der Waals surface area contributed by atoms with Crippen molar-refractivity contribution in [2.24, 2.45) is 11.3 Å². The highest BCUT2D eigenvalue weighted by Gasteiger charge is 2.52.